The number of carbonyl (C=O) groups is 4. The Labute approximate surface area is 227 Å². The number of phenolic OH excluding ortho intramolecular Hbond substituents is 1. The van der Waals surface area contributed by atoms with E-state index in [2.05, 4.69) is 15.9 Å². The summed E-state index contributed by atoms with van der Waals surface area (Å²) in [5.74, 6) is -2.97. The predicted molar refractivity (Wildman–Crippen MR) is 143 cm³/mol. The van der Waals surface area contributed by atoms with Crippen LogP contribution in [0.15, 0.2) is 81.4 Å². The van der Waals surface area contributed by atoms with Crippen LogP contribution in [0.3, 0.4) is 0 Å². The lowest BCUT2D eigenvalue weighted by Gasteiger charge is -2.42. The standard InChI is InChI=1S/C30H24BrNO6/c1-14-11-23(34)21-13-20-18(25(27(21)28(14)35)15-3-10-22(33)24(12-15)38-2)8-9-19-26(20)30(37)32(29(19)36)17-6-4-16(31)5-7-17/h3-8,10-12,19-20,25-26,33H,9,13H2,1-2H3. The van der Waals surface area contributed by atoms with E-state index >= 15 is 0 Å². The van der Waals surface area contributed by atoms with Gasteiger partial charge in [0.05, 0.1) is 24.6 Å². The number of fused-ring (bicyclic) bond motifs is 3. The van der Waals surface area contributed by atoms with Crippen LogP contribution in [0.25, 0.3) is 0 Å². The van der Waals surface area contributed by atoms with Gasteiger partial charge in [-0.2, -0.15) is 0 Å². The van der Waals surface area contributed by atoms with Crippen LogP contribution in [0.2, 0.25) is 0 Å². The second-order valence-electron chi connectivity index (χ2n) is 10.1. The SMILES string of the molecule is COc1cc(C2C3=CCC4C(=O)N(c5ccc(Br)cc5)C(=O)C4C3CC3=C2C(=O)C(C)=CC3=O)ccc1O. The number of anilines is 1. The van der Waals surface area contributed by atoms with E-state index < -0.39 is 23.7 Å². The molecule has 0 saturated carbocycles. The largest absolute Gasteiger partial charge is 0.504 e. The van der Waals surface area contributed by atoms with E-state index in [0.717, 1.165) is 10.0 Å². The molecular formula is C30H24BrNO6. The van der Waals surface area contributed by atoms with E-state index in [4.69, 9.17) is 4.74 Å². The Kier molecular flexibility index (Phi) is 5.76. The second-order valence-corrected chi connectivity index (χ2v) is 11.1. The summed E-state index contributed by atoms with van der Waals surface area (Å²) >= 11 is 3.39. The summed E-state index contributed by atoms with van der Waals surface area (Å²) in [4.78, 5) is 55.3. The van der Waals surface area contributed by atoms with Gasteiger partial charge in [0, 0.05) is 27.1 Å². The normalized spacial score (nSPS) is 26.6. The number of imide groups is 1. The lowest BCUT2D eigenvalue weighted by molar-refractivity contribution is -0.123. The maximum absolute atomic E-state index is 13.9. The van der Waals surface area contributed by atoms with Crippen LogP contribution in [0.5, 0.6) is 11.5 Å². The molecule has 0 spiro atoms. The minimum Gasteiger partial charge on any atom is -0.504 e. The van der Waals surface area contributed by atoms with Crippen LogP contribution >= 0.6 is 15.9 Å². The van der Waals surface area contributed by atoms with Crippen molar-refractivity contribution in [2.45, 2.75) is 25.7 Å². The van der Waals surface area contributed by atoms with Crippen LogP contribution < -0.4 is 9.64 Å². The molecule has 3 aliphatic carbocycles. The van der Waals surface area contributed by atoms with Gasteiger partial charge in [0.15, 0.2) is 23.1 Å². The summed E-state index contributed by atoms with van der Waals surface area (Å²) in [5, 5.41) is 10.2. The molecule has 4 unspecified atom stereocenters. The molecule has 2 aromatic rings. The third kappa shape index (κ3) is 3.54. The van der Waals surface area contributed by atoms with Gasteiger partial charge in [0.1, 0.15) is 0 Å². The van der Waals surface area contributed by atoms with E-state index in [9.17, 15) is 24.3 Å². The Morgan fingerprint density at radius 2 is 1.74 bits per heavy atom. The average Bonchev–Trinajstić information content (AvgIpc) is 3.17. The number of phenols is 1. The number of methoxy groups -OCH3 is 1. The molecule has 0 radical (unpaired) electrons. The average molecular weight is 574 g/mol. The van der Waals surface area contributed by atoms with Gasteiger partial charge in [-0.05, 0) is 73.7 Å². The molecule has 192 valence electrons. The predicted octanol–water partition coefficient (Wildman–Crippen LogP) is 4.80. The van der Waals surface area contributed by atoms with Gasteiger partial charge in [-0.1, -0.05) is 33.6 Å². The zero-order valence-electron chi connectivity index (χ0n) is 20.7. The first kappa shape index (κ1) is 24.6. The lowest BCUT2D eigenvalue weighted by Crippen LogP contribution is -2.39. The molecule has 2 amide bonds. The van der Waals surface area contributed by atoms with E-state index in [1.54, 1.807) is 43.3 Å². The van der Waals surface area contributed by atoms with Crippen LogP contribution in [-0.2, 0) is 19.2 Å². The van der Waals surface area contributed by atoms with E-state index in [1.165, 1.54) is 24.2 Å². The summed E-state index contributed by atoms with van der Waals surface area (Å²) in [6, 6.07) is 11.9. The Morgan fingerprint density at radius 1 is 1.00 bits per heavy atom. The third-order valence-electron chi connectivity index (χ3n) is 8.19. The number of hydrogen-bond donors (Lipinski definition) is 1. The zero-order chi connectivity index (χ0) is 26.9. The van der Waals surface area contributed by atoms with Gasteiger partial charge >= 0.3 is 0 Å². The van der Waals surface area contributed by atoms with Crippen molar-refractivity contribution in [1.82, 2.24) is 0 Å². The summed E-state index contributed by atoms with van der Waals surface area (Å²) in [5.41, 5.74) is 3.21. The molecule has 7 nitrogen and oxygen atoms in total. The summed E-state index contributed by atoms with van der Waals surface area (Å²) < 4.78 is 6.17. The smallest absolute Gasteiger partial charge is 0.238 e. The van der Waals surface area contributed by atoms with Gasteiger partial charge in [0.25, 0.3) is 0 Å². The van der Waals surface area contributed by atoms with Crippen molar-refractivity contribution in [3.8, 4) is 11.5 Å². The van der Waals surface area contributed by atoms with Gasteiger partial charge in [-0.3, -0.25) is 24.1 Å². The van der Waals surface area contributed by atoms with Crippen LogP contribution in [0, 0.1) is 17.8 Å². The van der Waals surface area contributed by atoms with Crippen LogP contribution in [0.4, 0.5) is 5.69 Å². The fourth-order valence-corrected chi connectivity index (χ4v) is 6.72. The molecule has 6 rings (SSSR count). The first-order valence-electron chi connectivity index (χ1n) is 12.4. The van der Waals surface area contributed by atoms with Crippen molar-refractivity contribution in [2.24, 2.45) is 17.8 Å². The topological polar surface area (TPSA) is 101 Å². The number of ether oxygens (including phenoxy) is 1. The highest BCUT2D eigenvalue weighted by atomic mass is 79.9. The Morgan fingerprint density at radius 3 is 2.45 bits per heavy atom. The molecule has 0 bridgehead atoms. The number of carbonyl (C=O) groups excluding carboxylic acids is 4. The van der Waals surface area contributed by atoms with Crippen LogP contribution in [-0.4, -0.2) is 35.6 Å². The number of aromatic hydroxyl groups is 1. The van der Waals surface area contributed by atoms with Gasteiger partial charge < -0.3 is 9.84 Å². The van der Waals surface area contributed by atoms with Crippen molar-refractivity contribution < 1.29 is 29.0 Å². The Balaban J connectivity index is 1.49. The van der Waals surface area contributed by atoms with Crippen molar-refractivity contribution in [1.29, 1.82) is 0 Å². The number of allylic oxidation sites excluding steroid dienone is 6. The molecule has 8 heteroatoms. The van der Waals surface area contributed by atoms with Crippen molar-refractivity contribution in [2.75, 3.05) is 12.0 Å². The first-order chi connectivity index (χ1) is 18.2. The number of amides is 2. The zero-order valence-corrected chi connectivity index (χ0v) is 22.3. The number of nitrogens with zero attached hydrogens (tertiary/aromatic N) is 1. The molecule has 1 heterocycles. The van der Waals surface area contributed by atoms with Crippen molar-refractivity contribution >= 4 is 45.0 Å². The summed E-state index contributed by atoms with van der Waals surface area (Å²) in [6.45, 7) is 1.63. The number of halogens is 1. The van der Waals surface area contributed by atoms with Crippen molar-refractivity contribution in [3.05, 3.63) is 86.9 Å². The maximum Gasteiger partial charge on any atom is 0.238 e. The molecule has 1 saturated heterocycles. The Hall–Kier alpha value is -3.78. The van der Waals surface area contributed by atoms with Crippen molar-refractivity contribution in [3.63, 3.8) is 0 Å². The minimum absolute atomic E-state index is 0.0423. The highest BCUT2D eigenvalue weighted by molar-refractivity contribution is 9.10. The molecule has 0 aromatic heterocycles. The number of rotatable bonds is 3. The van der Waals surface area contributed by atoms with Gasteiger partial charge in [-0.15, -0.1) is 0 Å². The lowest BCUT2D eigenvalue weighted by atomic mass is 9.59. The van der Waals surface area contributed by atoms with E-state index in [-0.39, 0.29) is 41.3 Å². The van der Waals surface area contributed by atoms with Gasteiger partial charge in [-0.25, -0.2) is 0 Å². The fraction of sp³-hybridized carbons (Fsp3) is 0.267. The monoisotopic (exact) mass is 573 g/mol. The second kappa shape index (κ2) is 8.91. The number of hydrogen-bond acceptors (Lipinski definition) is 6. The van der Waals surface area contributed by atoms with E-state index in [1.807, 2.05) is 6.08 Å². The maximum atomic E-state index is 13.9. The highest BCUT2D eigenvalue weighted by Crippen LogP contribution is 2.55. The third-order valence-corrected chi connectivity index (χ3v) is 8.72. The molecular weight excluding hydrogens is 550 g/mol. The Bertz CT molecular complexity index is 1530. The van der Waals surface area contributed by atoms with E-state index in [0.29, 0.717) is 34.4 Å². The first-order valence-corrected chi connectivity index (χ1v) is 13.2. The number of Topliss-reactive ketones (excluding diaryl/α,β-unsaturated/α-hetero) is 1. The number of ketones is 2. The van der Waals surface area contributed by atoms with Crippen LogP contribution in [0.1, 0.15) is 31.2 Å². The molecule has 1 fully saturated rings. The highest BCUT2D eigenvalue weighted by Gasteiger charge is 2.56. The molecule has 1 aliphatic heterocycles. The minimum atomic E-state index is -0.642. The quantitative estimate of drug-likeness (QED) is 0.321. The molecule has 1 N–H and O–H groups in total. The molecule has 4 aliphatic rings. The number of benzene rings is 2. The fourth-order valence-electron chi connectivity index (χ4n) is 6.46. The molecule has 4 atom stereocenters. The molecule has 38 heavy (non-hydrogen) atoms. The molecule has 2 aromatic carbocycles. The van der Waals surface area contributed by atoms with Gasteiger partial charge in [0.2, 0.25) is 11.8 Å². The summed E-state index contributed by atoms with van der Waals surface area (Å²) in [6.07, 6.45) is 3.91. The summed E-state index contributed by atoms with van der Waals surface area (Å²) in [7, 11) is 1.44.